The number of nitrogens with one attached hydrogen (secondary N) is 1. The van der Waals surface area contributed by atoms with E-state index in [9.17, 15) is 14.4 Å². The molecule has 2 aliphatic rings. The molecule has 0 aliphatic carbocycles. The zero-order chi connectivity index (χ0) is 17.6. The second kappa shape index (κ2) is 8.00. The summed E-state index contributed by atoms with van der Waals surface area (Å²) in [5, 5.41) is 2.83. The lowest BCUT2D eigenvalue weighted by atomic mass is 10.3. The molecule has 2 fully saturated rings. The molecule has 2 aliphatic heterocycles. The Morgan fingerprint density at radius 1 is 1.04 bits per heavy atom. The molecule has 0 bridgehead atoms. The van der Waals surface area contributed by atoms with Gasteiger partial charge in [0.2, 0.25) is 11.8 Å². The van der Waals surface area contributed by atoms with Gasteiger partial charge in [0.05, 0.1) is 0 Å². The van der Waals surface area contributed by atoms with Crippen molar-refractivity contribution < 1.29 is 14.4 Å². The highest BCUT2D eigenvalue weighted by Crippen LogP contribution is 2.19. The third-order valence-corrected chi connectivity index (χ3v) is 4.60. The van der Waals surface area contributed by atoms with Crippen molar-refractivity contribution in [1.29, 1.82) is 0 Å². The molecule has 0 spiro atoms. The number of likely N-dealkylation sites (tertiary alicyclic amines) is 1. The molecule has 134 valence electrons. The Kier molecular flexibility index (Phi) is 5.53. The van der Waals surface area contributed by atoms with Crippen LogP contribution in [-0.2, 0) is 9.59 Å². The highest BCUT2D eigenvalue weighted by molar-refractivity contribution is 5.96. The van der Waals surface area contributed by atoms with Crippen LogP contribution in [0, 0.1) is 0 Å². The Morgan fingerprint density at radius 2 is 1.84 bits per heavy atom. The molecule has 1 aromatic rings. The van der Waals surface area contributed by atoms with E-state index in [1.165, 1.54) is 0 Å². The van der Waals surface area contributed by atoms with Crippen molar-refractivity contribution in [2.45, 2.75) is 19.3 Å². The molecule has 0 radical (unpaired) electrons. The largest absolute Gasteiger partial charge is 0.354 e. The van der Waals surface area contributed by atoms with Gasteiger partial charge >= 0.3 is 6.03 Å². The average Bonchev–Trinajstić information content (AvgIpc) is 3.19. The number of benzene rings is 1. The molecule has 25 heavy (non-hydrogen) atoms. The lowest BCUT2D eigenvalue weighted by Crippen LogP contribution is -2.40. The molecule has 0 saturated carbocycles. The van der Waals surface area contributed by atoms with Crippen molar-refractivity contribution in [3.05, 3.63) is 30.3 Å². The van der Waals surface area contributed by atoms with E-state index < -0.39 is 0 Å². The third kappa shape index (κ3) is 4.29. The van der Waals surface area contributed by atoms with Crippen LogP contribution in [0.25, 0.3) is 0 Å². The van der Waals surface area contributed by atoms with Gasteiger partial charge in [-0.25, -0.2) is 4.79 Å². The predicted molar refractivity (Wildman–Crippen MR) is 94.2 cm³/mol. The molecular weight excluding hydrogens is 320 g/mol. The number of urea groups is 1. The first kappa shape index (κ1) is 17.3. The van der Waals surface area contributed by atoms with E-state index in [2.05, 4.69) is 5.32 Å². The van der Waals surface area contributed by atoms with Gasteiger partial charge in [-0.2, -0.15) is 0 Å². The van der Waals surface area contributed by atoms with E-state index in [-0.39, 0.29) is 24.4 Å². The normalized spacial score (nSPS) is 17.5. The molecule has 0 aromatic heterocycles. The van der Waals surface area contributed by atoms with Gasteiger partial charge in [0.1, 0.15) is 6.54 Å². The number of nitrogens with zero attached hydrogens (tertiary/aromatic N) is 3. The van der Waals surface area contributed by atoms with Gasteiger partial charge < -0.3 is 15.1 Å². The Hall–Kier alpha value is -2.57. The van der Waals surface area contributed by atoms with Crippen molar-refractivity contribution in [3.8, 4) is 0 Å². The molecule has 0 unspecified atom stereocenters. The fourth-order valence-corrected chi connectivity index (χ4v) is 3.24. The minimum Gasteiger partial charge on any atom is -0.354 e. The summed E-state index contributed by atoms with van der Waals surface area (Å²) in [6, 6.07) is 9.34. The summed E-state index contributed by atoms with van der Waals surface area (Å²) in [5.41, 5.74) is 0.852. The van der Waals surface area contributed by atoms with Crippen LogP contribution in [0.15, 0.2) is 30.3 Å². The van der Waals surface area contributed by atoms with Crippen molar-refractivity contribution in [1.82, 2.24) is 15.1 Å². The number of carbonyl (C=O) groups is 3. The van der Waals surface area contributed by atoms with Crippen LogP contribution in [0.1, 0.15) is 19.3 Å². The summed E-state index contributed by atoms with van der Waals surface area (Å²) in [4.78, 5) is 41.0. The third-order valence-electron chi connectivity index (χ3n) is 4.60. The fourth-order valence-electron chi connectivity index (χ4n) is 3.24. The first-order chi connectivity index (χ1) is 12.1. The molecular formula is C18H24N4O3. The van der Waals surface area contributed by atoms with Crippen LogP contribution >= 0.6 is 0 Å². The number of rotatable bonds is 7. The highest BCUT2D eigenvalue weighted by atomic mass is 16.2. The first-order valence-corrected chi connectivity index (χ1v) is 8.81. The molecule has 7 heteroatoms. The summed E-state index contributed by atoms with van der Waals surface area (Å²) < 4.78 is 0. The maximum atomic E-state index is 12.4. The Balaban J connectivity index is 1.38. The van der Waals surface area contributed by atoms with E-state index in [1.807, 2.05) is 35.2 Å². The number of anilines is 1. The number of amides is 4. The number of hydrogen-bond acceptors (Lipinski definition) is 3. The second-order valence-electron chi connectivity index (χ2n) is 6.38. The summed E-state index contributed by atoms with van der Waals surface area (Å²) >= 11 is 0. The number of carbonyl (C=O) groups excluding carboxylic acids is 3. The average molecular weight is 344 g/mol. The zero-order valence-corrected chi connectivity index (χ0v) is 14.3. The zero-order valence-electron chi connectivity index (χ0n) is 14.3. The SMILES string of the molecule is O=C(CN1CCN(c2ccccc2)C1=O)NCCCN1CCCC1=O. The van der Waals surface area contributed by atoms with E-state index in [0.717, 1.165) is 25.1 Å². The predicted octanol–water partition coefficient (Wildman–Crippen LogP) is 1.06. The van der Waals surface area contributed by atoms with E-state index >= 15 is 0 Å². The summed E-state index contributed by atoms with van der Waals surface area (Å²) in [6.45, 7) is 3.24. The Bertz CT molecular complexity index is 634. The van der Waals surface area contributed by atoms with Gasteiger partial charge in [0.25, 0.3) is 0 Å². The van der Waals surface area contributed by atoms with Crippen molar-refractivity contribution in [2.24, 2.45) is 0 Å². The van der Waals surface area contributed by atoms with E-state index in [0.29, 0.717) is 32.6 Å². The van der Waals surface area contributed by atoms with Gasteiger partial charge in [-0.05, 0) is 25.0 Å². The van der Waals surface area contributed by atoms with E-state index in [4.69, 9.17) is 0 Å². The summed E-state index contributed by atoms with van der Waals surface area (Å²) in [6.07, 6.45) is 2.31. The molecule has 2 heterocycles. The molecule has 4 amide bonds. The van der Waals surface area contributed by atoms with Crippen molar-refractivity contribution in [3.63, 3.8) is 0 Å². The standard InChI is InChI=1S/C18H24N4O3/c23-16(19-9-5-11-20-10-4-8-17(20)24)14-21-12-13-22(18(21)25)15-6-2-1-3-7-15/h1-3,6-7H,4-5,8-14H2,(H,19,23). The van der Waals surface area contributed by atoms with Crippen molar-refractivity contribution >= 4 is 23.5 Å². The summed E-state index contributed by atoms with van der Waals surface area (Å²) in [5.74, 6) is 0.0472. The van der Waals surface area contributed by atoms with Crippen LogP contribution in [0.2, 0.25) is 0 Å². The van der Waals surface area contributed by atoms with Crippen LogP contribution in [0.5, 0.6) is 0 Å². The first-order valence-electron chi connectivity index (χ1n) is 8.81. The van der Waals surface area contributed by atoms with Crippen LogP contribution < -0.4 is 10.2 Å². The second-order valence-corrected chi connectivity index (χ2v) is 6.38. The quantitative estimate of drug-likeness (QED) is 0.752. The van der Waals surface area contributed by atoms with Gasteiger partial charge in [-0.1, -0.05) is 18.2 Å². The fraction of sp³-hybridized carbons (Fsp3) is 0.500. The van der Waals surface area contributed by atoms with Crippen LogP contribution in [0.4, 0.5) is 10.5 Å². The minimum absolute atomic E-state index is 0.0742. The van der Waals surface area contributed by atoms with Crippen LogP contribution in [0.3, 0.4) is 0 Å². The van der Waals surface area contributed by atoms with Gasteiger partial charge in [0, 0.05) is 44.8 Å². The maximum Gasteiger partial charge on any atom is 0.325 e. The lowest BCUT2D eigenvalue weighted by molar-refractivity contribution is -0.127. The van der Waals surface area contributed by atoms with Crippen molar-refractivity contribution in [2.75, 3.05) is 44.2 Å². The molecule has 2 saturated heterocycles. The van der Waals surface area contributed by atoms with E-state index in [1.54, 1.807) is 9.80 Å². The lowest BCUT2D eigenvalue weighted by Gasteiger charge is -2.19. The smallest absolute Gasteiger partial charge is 0.325 e. The molecule has 1 N–H and O–H groups in total. The topological polar surface area (TPSA) is 73.0 Å². The number of hydrogen-bond donors (Lipinski definition) is 1. The molecule has 1 aromatic carbocycles. The monoisotopic (exact) mass is 344 g/mol. The van der Waals surface area contributed by atoms with Gasteiger partial charge in [0.15, 0.2) is 0 Å². The maximum absolute atomic E-state index is 12.4. The van der Waals surface area contributed by atoms with Crippen LogP contribution in [-0.4, -0.2) is 66.9 Å². The summed E-state index contributed by atoms with van der Waals surface area (Å²) in [7, 11) is 0. The molecule has 7 nitrogen and oxygen atoms in total. The highest BCUT2D eigenvalue weighted by Gasteiger charge is 2.30. The Morgan fingerprint density at radius 3 is 2.56 bits per heavy atom. The Labute approximate surface area is 147 Å². The molecule has 3 rings (SSSR count). The molecule has 0 atom stereocenters. The van der Waals surface area contributed by atoms with Gasteiger partial charge in [-0.3, -0.25) is 14.5 Å². The number of para-hydroxylation sites is 1. The van der Waals surface area contributed by atoms with Gasteiger partial charge in [-0.15, -0.1) is 0 Å². The minimum atomic E-state index is -0.156.